The number of fused-ring (bicyclic) bond motifs is 1. The molecule has 2 nitrogen and oxygen atoms in total. The van der Waals surface area contributed by atoms with E-state index in [1.807, 2.05) is 6.07 Å². The molecule has 0 aliphatic carbocycles. The minimum absolute atomic E-state index is 0.0314. The van der Waals surface area contributed by atoms with E-state index in [2.05, 4.69) is 4.99 Å². The zero-order valence-electron chi connectivity index (χ0n) is 12.4. The molecule has 3 rings (SSSR count). The van der Waals surface area contributed by atoms with Crippen molar-refractivity contribution in [3.05, 3.63) is 53.6 Å². The van der Waals surface area contributed by atoms with Gasteiger partial charge in [0.25, 0.3) is 0 Å². The lowest BCUT2D eigenvalue weighted by molar-refractivity contribution is -0.137. The predicted molar refractivity (Wildman–Crippen MR) is 82.9 cm³/mol. The predicted octanol–water partition coefficient (Wildman–Crippen LogP) is 4.84. The lowest BCUT2D eigenvalue weighted by Gasteiger charge is -2.17. The SMILES string of the molecule is CC(=O)C1C=Nc2ccc(-c3cccc(C(F)(F)F)c3)cc2C1. The van der Waals surface area contributed by atoms with E-state index in [0.29, 0.717) is 17.5 Å². The number of carbonyl (C=O) groups is 1. The standard InChI is InChI=1S/C18H14F3NO/c1-11(23)15-8-14-7-13(5-6-17(14)22-10-15)12-3-2-4-16(9-12)18(19,20)21/h2-7,9-10,15H,8H2,1H3. The molecule has 0 radical (unpaired) electrons. The molecule has 0 aromatic heterocycles. The van der Waals surface area contributed by atoms with Gasteiger partial charge in [-0.05, 0) is 54.3 Å². The van der Waals surface area contributed by atoms with Crippen LogP contribution in [-0.2, 0) is 17.4 Å². The summed E-state index contributed by atoms with van der Waals surface area (Å²) >= 11 is 0. The van der Waals surface area contributed by atoms with Crippen molar-refractivity contribution in [1.82, 2.24) is 0 Å². The number of alkyl halides is 3. The van der Waals surface area contributed by atoms with Crippen LogP contribution in [-0.4, -0.2) is 12.0 Å². The molecule has 118 valence electrons. The molecular formula is C18H14F3NO. The van der Waals surface area contributed by atoms with E-state index < -0.39 is 11.7 Å². The number of rotatable bonds is 2. The third-order valence-corrected chi connectivity index (χ3v) is 3.96. The summed E-state index contributed by atoms with van der Waals surface area (Å²) in [5.41, 5.74) is 2.15. The Hall–Kier alpha value is -2.43. The van der Waals surface area contributed by atoms with Crippen LogP contribution in [0.2, 0.25) is 0 Å². The van der Waals surface area contributed by atoms with Crippen molar-refractivity contribution in [1.29, 1.82) is 0 Å². The monoisotopic (exact) mass is 317 g/mol. The molecule has 5 heteroatoms. The molecule has 0 amide bonds. The summed E-state index contributed by atoms with van der Waals surface area (Å²) in [6, 6.07) is 10.6. The third kappa shape index (κ3) is 3.18. The van der Waals surface area contributed by atoms with Crippen molar-refractivity contribution in [2.75, 3.05) is 0 Å². The van der Waals surface area contributed by atoms with Crippen LogP contribution >= 0.6 is 0 Å². The Balaban J connectivity index is 1.99. The number of Topliss-reactive ketones (excluding diaryl/α,β-unsaturated/α-hetero) is 1. The Morgan fingerprint density at radius 1 is 1.13 bits per heavy atom. The van der Waals surface area contributed by atoms with E-state index in [9.17, 15) is 18.0 Å². The molecule has 23 heavy (non-hydrogen) atoms. The average molecular weight is 317 g/mol. The molecule has 0 spiro atoms. The van der Waals surface area contributed by atoms with Crippen LogP contribution in [0, 0.1) is 5.92 Å². The van der Waals surface area contributed by atoms with Gasteiger partial charge in [-0.1, -0.05) is 18.2 Å². The molecule has 1 unspecified atom stereocenters. The number of hydrogen-bond acceptors (Lipinski definition) is 2. The van der Waals surface area contributed by atoms with Crippen LogP contribution < -0.4 is 0 Å². The molecule has 0 N–H and O–H groups in total. The van der Waals surface area contributed by atoms with E-state index in [1.54, 1.807) is 24.4 Å². The van der Waals surface area contributed by atoms with Gasteiger partial charge in [0.1, 0.15) is 5.78 Å². The fourth-order valence-corrected chi connectivity index (χ4v) is 2.64. The number of nitrogens with zero attached hydrogens (tertiary/aromatic N) is 1. The zero-order valence-corrected chi connectivity index (χ0v) is 12.4. The van der Waals surface area contributed by atoms with Gasteiger partial charge < -0.3 is 0 Å². The van der Waals surface area contributed by atoms with Crippen LogP contribution in [0.25, 0.3) is 11.1 Å². The lowest BCUT2D eigenvalue weighted by atomic mass is 9.91. The van der Waals surface area contributed by atoms with Gasteiger partial charge in [-0.15, -0.1) is 0 Å². The third-order valence-electron chi connectivity index (χ3n) is 3.96. The van der Waals surface area contributed by atoms with Crippen molar-refractivity contribution < 1.29 is 18.0 Å². The second-order valence-corrected chi connectivity index (χ2v) is 5.62. The second kappa shape index (κ2) is 5.65. The van der Waals surface area contributed by atoms with Gasteiger partial charge in [0.05, 0.1) is 17.2 Å². The normalized spacial score (nSPS) is 17.0. The van der Waals surface area contributed by atoms with Crippen LogP contribution in [0.4, 0.5) is 18.9 Å². The highest BCUT2D eigenvalue weighted by atomic mass is 19.4. The number of halogens is 3. The Bertz CT molecular complexity index is 793. The molecule has 1 heterocycles. The van der Waals surface area contributed by atoms with E-state index in [0.717, 1.165) is 23.4 Å². The van der Waals surface area contributed by atoms with Gasteiger partial charge in [-0.3, -0.25) is 9.79 Å². The molecule has 1 aliphatic rings. The summed E-state index contributed by atoms with van der Waals surface area (Å²) in [6.45, 7) is 1.51. The topological polar surface area (TPSA) is 29.4 Å². The molecule has 2 aromatic rings. The summed E-state index contributed by atoms with van der Waals surface area (Å²) in [4.78, 5) is 15.8. The maximum atomic E-state index is 12.8. The highest BCUT2D eigenvalue weighted by Gasteiger charge is 2.30. The van der Waals surface area contributed by atoms with Crippen molar-refractivity contribution in [3.63, 3.8) is 0 Å². The van der Waals surface area contributed by atoms with Gasteiger partial charge in [0.2, 0.25) is 0 Å². The molecule has 0 bridgehead atoms. The molecule has 0 fully saturated rings. The number of ketones is 1. The van der Waals surface area contributed by atoms with Crippen molar-refractivity contribution in [2.24, 2.45) is 10.9 Å². The number of carbonyl (C=O) groups excluding carboxylic acids is 1. The molecule has 1 aliphatic heterocycles. The first kappa shape index (κ1) is 15.5. The largest absolute Gasteiger partial charge is 0.416 e. The summed E-state index contributed by atoms with van der Waals surface area (Å²) in [6.07, 6.45) is -2.20. The molecular weight excluding hydrogens is 303 g/mol. The van der Waals surface area contributed by atoms with Crippen LogP contribution in [0.5, 0.6) is 0 Å². The lowest BCUT2D eigenvalue weighted by Crippen LogP contribution is -2.18. The van der Waals surface area contributed by atoms with Crippen molar-refractivity contribution in [2.45, 2.75) is 19.5 Å². The first-order chi connectivity index (χ1) is 10.8. The first-order valence-corrected chi connectivity index (χ1v) is 7.20. The quantitative estimate of drug-likeness (QED) is 0.779. The van der Waals surface area contributed by atoms with Gasteiger partial charge >= 0.3 is 6.18 Å². The van der Waals surface area contributed by atoms with E-state index in [4.69, 9.17) is 0 Å². The van der Waals surface area contributed by atoms with Crippen molar-refractivity contribution >= 4 is 17.7 Å². The Morgan fingerprint density at radius 2 is 1.87 bits per heavy atom. The Labute approximate surface area is 131 Å². The Kier molecular flexibility index (Phi) is 3.80. The van der Waals surface area contributed by atoms with Gasteiger partial charge in [-0.25, -0.2) is 0 Å². The maximum absolute atomic E-state index is 12.8. The average Bonchev–Trinajstić information content (AvgIpc) is 2.53. The first-order valence-electron chi connectivity index (χ1n) is 7.20. The summed E-state index contributed by atoms with van der Waals surface area (Å²) in [5, 5.41) is 0. The number of hydrogen-bond donors (Lipinski definition) is 0. The summed E-state index contributed by atoms with van der Waals surface area (Å²) in [5.74, 6) is -0.233. The van der Waals surface area contributed by atoms with E-state index in [-0.39, 0.29) is 11.7 Å². The second-order valence-electron chi connectivity index (χ2n) is 5.62. The summed E-state index contributed by atoms with van der Waals surface area (Å²) < 4.78 is 38.5. The fourth-order valence-electron chi connectivity index (χ4n) is 2.64. The van der Waals surface area contributed by atoms with Crippen molar-refractivity contribution in [3.8, 4) is 11.1 Å². The summed E-state index contributed by atoms with van der Waals surface area (Å²) in [7, 11) is 0. The van der Waals surface area contributed by atoms with Crippen LogP contribution in [0.1, 0.15) is 18.1 Å². The molecule has 0 saturated heterocycles. The molecule has 2 aromatic carbocycles. The van der Waals surface area contributed by atoms with E-state index >= 15 is 0 Å². The van der Waals surface area contributed by atoms with Crippen LogP contribution in [0.15, 0.2) is 47.5 Å². The number of aliphatic imine (C=N–C) groups is 1. The molecule has 1 atom stereocenters. The van der Waals surface area contributed by atoms with Gasteiger partial charge in [0.15, 0.2) is 0 Å². The van der Waals surface area contributed by atoms with Gasteiger partial charge in [-0.2, -0.15) is 13.2 Å². The van der Waals surface area contributed by atoms with E-state index in [1.165, 1.54) is 13.0 Å². The smallest absolute Gasteiger partial charge is 0.299 e. The maximum Gasteiger partial charge on any atom is 0.416 e. The van der Waals surface area contributed by atoms with Crippen LogP contribution in [0.3, 0.4) is 0 Å². The fraction of sp³-hybridized carbons (Fsp3) is 0.222. The number of benzene rings is 2. The minimum atomic E-state index is -4.37. The van der Waals surface area contributed by atoms with Gasteiger partial charge in [0, 0.05) is 6.21 Å². The zero-order chi connectivity index (χ0) is 16.6. The highest BCUT2D eigenvalue weighted by molar-refractivity contribution is 5.95. The Morgan fingerprint density at radius 3 is 2.57 bits per heavy atom. The minimum Gasteiger partial charge on any atom is -0.299 e. The molecule has 0 saturated carbocycles. The highest BCUT2D eigenvalue weighted by Crippen LogP contribution is 2.34.